The number of nitrogens with one attached hydrogen (secondary N) is 4. The van der Waals surface area contributed by atoms with Crippen LogP contribution in [0.2, 0.25) is 0 Å². The van der Waals surface area contributed by atoms with Gasteiger partial charge in [0.2, 0.25) is 0 Å². The predicted octanol–water partition coefficient (Wildman–Crippen LogP) is 5.46. The lowest BCUT2D eigenvalue weighted by Gasteiger charge is -2.30. The minimum Gasteiger partial charge on any atom is -0.462 e. The Morgan fingerprint density at radius 1 is 0.721 bits per heavy atom. The second-order valence-electron chi connectivity index (χ2n) is 9.57. The lowest BCUT2D eigenvalue weighted by Crippen LogP contribution is -2.46. The van der Waals surface area contributed by atoms with Crippen molar-refractivity contribution >= 4 is 33.7 Å². The molecule has 0 radical (unpaired) electrons. The number of carbonyl (C=O) groups excluding carboxylic acids is 3. The van der Waals surface area contributed by atoms with Crippen molar-refractivity contribution in [1.29, 1.82) is 0 Å². The van der Waals surface area contributed by atoms with Gasteiger partial charge >= 0.3 is 18.0 Å². The number of hydrogen-bond donors (Lipinski definition) is 4. The molecule has 0 aliphatic carbocycles. The molecule has 222 valence electrons. The highest BCUT2D eigenvalue weighted by Crippen LogP contribution is 2.29. The maximum Gasteiger partial charge on any atom is 0.338 e. The third kappa shape index (κ3) is 8.43. The summed E-state index contributed by atoms with van der Waals surface area (Å²) in [6.45, 7) is 3.74. The molecule has 4 aromatic carbocycles. The van der Waals surface area contributed by atoms with Crippen molar-refractivity contribution in [2.45, 2.75) is 30.8 Å². The van der Waals surface area contributed by atoms with E-state index >= 15 is 0 Å². The van der Waals surface area contributed by atoms with Crippen molar-refractivity contribution in [3.63, 3.8) is 0 Å². The van der Waals surface area contributed by atoms with Gasteiger partial charge in [0.15, 0.2) is 0 Å². The Morgan fingerprint density at radius 2 is 1.28 bits per heavy atom. The molecule has 0 unspecified atom stereocenters. The van der Waals surface area contributed by atoms with Gasteiger partial charge in [0.05, 0.1) is 29.1 Å². The minimum absolute atomic E-state index is 0.0633. The van der Waals surface area contributed by atoms with Crippen LogP contribution >= 0.6 is 0 Å². The van der Waals surface area contributed by atoms with Crippen molar-refractivity contribution in [3.05, 3.63) is 131 Å². The van der Waals surface area contributed by atoms with Gasteiger partial charge in [-0.1, -0.05) is 84.4 Å². The minimum atomic E-state index is -4.17. The number of aryl methyl sites for hydroxylation is 1. The number of urea groups is 2. The normalized spacial score (nSPS) is 12.3. The first-order chi connectivity index (χ1) is 20.7. The molecule has 4 rings (SSSR count). The van der Waals surface area contributed by atoms with E-state index in [4.69, 9.17) is 4.74 Å². The zero-order valence-electron chi connectivity index (χ0n) is 23.6. The molecule has 11 heteroatoms. The number of rotatable bonds is 10. The van der Waals surface area contributed by atoms with Crippen LogP contribution < -0.4 is 20.7 Å². The molecule has 0 aliphatic rings. The van der Waals surface area contributed by atoms with Gasteiger partial charge in [0.1, 0.15) is 0 Å². The van der Waals surface area contributed by atoms with Crippen LogP contribution in [-0.4, -0.2) is 33.1 Å². The van der Waals surface area contributed by atoms with Gasteiger partial charge in [-0.3, -0.25) is 0 Å². The Hall–Kier alpha value is -5.16. The molecule has 0 bridgehead atoms. The van der Waals surface area contributed by atoms with Gasteiger partial charge < -0.3 is 20.7 Å². The van der Waals surface area contributed by atoms with E-state index in [0.717, 1.165) is 5.56 Å². The van der Waals surface area contributed by atoms with Crippen LogP contribution in [0.1, 0.15) is 46.1 Å². The average molecular weight is 601 g/mol. The summed E-state index contributed by atoms with van der Waals surface area (Å²) in [5.74, 6) is -0.520. The zero-order chi connectivity index (χ0) is 30.8. The fourth-order valence-electron chi connectivity index (χ4n) is 4.35. The van der Waals surface area contributed by atoms with Gasteiger partial charge in [-0.2, -0.15) is 0 Å². The number of carbonyl (C=O) groups is 3. The molecule has 0 saturated carbocycles. The Bertz CT molecular complexity index is 1660. The quantitative estimate of drug-likeness (QED) is 0.178. The third-order valence-electron chi connectivity index (χ3n) is 6.41. The van der Waals surface area contributed by atoms with E-state index in [1.165, 1.54) is 18.2 Å². The predicted molar refractivity (Wildman–Crippen MR) is 163 cm³/mol. The number of amides is 4. The first kappa shape index (κ1) is 30.8. The monoisotopic (exact) mass is 600 g/mol. The highest BCUT2D eigenvalue weighted by Gasteiger charge is 2.30. The summed E-state index contributed by atoms with van der Waals surface area (Å²) in [6.07, 6.45) is 0. The van der Waals surface area contributed by atoms with E-state index in [9.17, 15) is 22.8 Å². The number of benzene rings is 4. The second kappa shape index (κ2) is 14.1. The Balaban J connectivity index is 1.61. The molecule has 2 atom stereocenters. The molecular formula is C32H32N4O6S. The van der Waals surface area contributed by atoms with Crippen molar-refractivity contribution in [3.8, 4) is 0 Å². The molecule has 0 saturated heterocycles. The van der Waals surface area contributed by atoms with E-state index in [2.05, 4.69) is 20.7 Å². The topological polar surface area (TPSA) is 143 Å². The first-order valence-corrected chi connectivity index (χ1v) is 15.0. The molecule has 0 spiro atoms. The summed E-state index contributed by atoms with van der Waals surface area (Å²) >= 11 is 0. The van der Waals surface area contributed by atoms with Crippen LogP contribution in [-0.2, 0) is 14.8 Å². The molecule has 0 fully saturated rings. The molecule has 4 amide bonds. The number of sulfonamides is 1. The van der Waals surface area contributed by atoms with Crippen LogP contribution in [0.5, 0.6) is 0 Å². The summed E-state index contributed by atoms with van der Waals surface area (Å²) in [5.41, 5.74) is 2.75. The number of hydrogen-bond acceptors (Lipinski definition) is 6. The summed E-state index contributed by atoms with van der Waals surface area (Å²) in [7, 11) is -4.17. The Kier molecular flexibility index (Phi) is 10.1. The zero-order valence-corrected chi connectivity index (χ0v) is 24.4. The standard InChI is InChI=1S/C32H32N4O6S/c1-3-42-30(37)25-15-10-16-26(21-25)33-31(38)34-28(23-11-6-4-7-12-23)29(24-13-8-5-9-14-24)35-32(39)36-43(40,41)27-19-17-22(2)18-20-27/h4-21,28-29H,3H2,1-2H3,(H2,33,34,38)(H2,35,36,39)/t28-,29-/m0/s1. The summed E-state index contributed by atoms with van der Waals surface area (Å²) in [6, 6.07) is 26.9. The van der Waals surface area contributed by atoms with E-state index in [1.807, 2.05) is 13.0 Å². The molecular weight excluding hydrogens is 568 g/mol. The molecule has 0 aromatic heterocycles. The first-order valence-electron chi connectivity index (χ1n) is 13.5. The summed E-state index contributed by atoms with van der Waals surface area (Å²) in [5, 5.41) is 8.37. The van der Waals surface area contributed by atoms with Crippen LogP contribution in [0.15, 0.2) is 114 Å². The van der Waals surface area contributed by atoms with Gasteiger partial charge in [-0.15, -0.1) is 0 Å². The Labute approximate surface area is 250 Å². The number of anilines is 1. The van der Waals surface area contributed by atoms with Crippen LogP contribution in [0.25, 0.3) is 0 Å². The molecule has 10 nitrogen and oxygen atoms in total. The second-order valence-corrected chi connectivity index (χ2v) is 11.3. The lowest BCUT2D eigenvalue weighted by molar-refractivity contribution is 0.0526. The van der Waals surface area contributed by atoms with Gasteiger partial charge in [-0.25, -0.2) is 27.5 Å². The maximum absolute atomic E-state index is 13.3. The van der Waals surface area contributed by atoms with Crippen molar-refractivity contribution in [2.24, 2.45) is 0 Å². The van der Waals surface area contributed by atoms with Crippen molar-refractivity contribution in [1.82, 2.24) is 15.4 Å². The SMILES string of the molecule is CCOC(=O)c1cccc(NC(=O)N[C@@H](c2ccccc2)[C@@H](NC(=O)NS(=O)(=O)c2ccc(C)cc2)c2ccccc2)c1. The lowest BCUT2D eigenvalue weighted by atomic mass is 9.93. The van der Waals surface area contributed by atoms with Crippen LogP contribution in [0.4, 0.5) is 15.3 Å². The van der Waals surface area contributed by atoms with Crippen LogP contribution in [0, 0.1) is 6.92 Å². The fraction of sp³-hybridized carbons (Fsp3) is 0.156. The third-order valence-corrected chi connectivity index (χ3v) is 7.76. The summed E-state index contributed by atoms with van der Waals surface area (Å²) in [4.78, 5) is 38.6. The highest BCUT2D eigenvalue weighted by molar-refractivity contribution is 7.90. The molecule has 4 aromatic rings. The highest BCUT2D eigenvalue weighted by atomic mass is 32.2. The number of ether oxygens (including phenoxy) is 1. The average Bonchev–Trinajstić information content (AvgIpc) is 3.00. The molecule has 0 heterocycles. The van der Waals surface area contributed by atoms with Gasteiger partial charge in [-0.05, 0) is 55.3 Å². The number of esters is 1. The molecule has 0 aliphatic heterocycles. The molecule has 4 N–H and O–H groups in total. The van der Waals surface area contributed by atoms with E-state index < -0.39 is 40.1 Å². The van der Waals surface area contributed by atoms with E-state index in [-0.39, 0.29) is 17.1 Å². The maximum atomic E-state index is 13.3. The van der Waals surface area contributed by atoms with E-state index in [1.54, 1.807) is 91.9 Å². The van der Waals surface area contributed by atoms with Gasteiger partial charge in [0.25, 0.3) is 10.0 Å². The largest absolute Gasteiger partial charge is 0.462 e. The van der Waals surface area contributed by atoms with E-state index in [0.29, 0.717) is 16.8 Å². The smallest absolute Gasteiger partial charge is 0.338 e. The van der Waals surface area contributed by atoms with Crippen LogP contribution in [0.3, 0.4) is 0 Å². The summed E-state index contributed by atoms with van der Waals surface area (Å²) < 4.78 is 33.0. The van der Waals surface area contributed by atoms with Crippen molar-refractivity contribution < 1.29 is 27.5 Å². The van der Waals surface area contributed by atoms with Gasteiger partial charge in [0, 0.05) is 5.69 Å². The van der Waals surface area contributed by atoms with Crippen molar-refractivity contribution in [2.75, 3.05) is 11.9 Å². The fourth-order valence-corrected chi connectivity index (χ4v) is 5.27. The molecule has 43 heavy (non-hydrogen) atoms. The Morgan fingerprint density at radius 3 is 1.84 bits per heavy atom.